The van der Waals surface area contributed by atoms with Crippen molar-refractivity contribution < 1.29 is 40.7 Å². The number of halogens is 6. The van der Waals surface area contributed by atoms with E-state index >= 15 is 0 Å². The Hall–Kier alpha value is -2.53. The van der Waals surface area contributed by atoms with Crippen LogP contribution >= 0.6 is 0 Å². The van der Waals surface area contributed by atoms with Crippen LogP contribution in [-0.4, -0.2) is 58.6 Å². The number of amides is 2. The molecule has 0 saturated carbocycles. The Labute approximate surface area is 168 Å². The molecule has 0 spiro atoms. The summed E-state index contributed by atoms with van der Waals surface area (Å²) in [5, 5.41) is 0. The SMILES string of the molecule is Cc1nc(C(F)(F)F)cc(C(F)(F)F)c1C(=O)N1CCN(C(=O)OC(C)(C)C)CC1. The first-order chi connectivity index (χ1) is 13.5. The van der Waals surface area contributed by atoms with Crippen LogP contribution in [0.25, 0.3) is 0 Å². The van der Waals surface area contributed by atoms with Crippen LogP contribution in [0.15, 0.2) is 6.07 Å². The summed E-state index contributed by atoms with van der Waals surface area (Å²) in [5.41, 5.74) is -5.76. The largest absolute Gasteiger partial charge is 0.444 e. The number of piperazine rings is 1. The van der Waals surface area contributed by atoms with Crippen LogP contribution in [-0.2, 0) is 17.1 Å². The molecule has 0 aliphatic carbocycles. The average Bonchev–Trinajstić information content (AvgIpc) is 2.57. The van der Waals surface area contributed by atoms with E-state index in [9.17, 15) is 35.9 Å². The molecule has 0 N–H and O–H groups in total. The average molecular weight is 441 g/mol. The second-order valence-corrected chi connectivity index (χ2v) is 7.77. The highest BCUT2D eigenvalue weighted by molar-refractivity contribution is 5.97. The summed E-state index contributed by atoms with van der Waals surface area (Å²) in [6.45, 7) is 5.75. The standard InChI is InChI=1S/C18H21F6N3O3/c1-10-13(11(17(19,20)21)9-12(25-10)18(22,23)24)14(28)26-5-7-27(8-6-26)15(29)30-16(2,3)4/h9H,5-8H2,1-4H3. The van der Waals surface area contributed by atoms with Crippen molar-refractivity contribution in [3.63, 3.8) is 0 Å². The third kappa shape index (κ3) is 5.54. The topological polar surface area (TPSA) is 62.7 Å². The fourth-order valence-corrected chi connectivity index (χ4v) is 2.89. The summed E-state index contributed by atoms with van der Waals surface area (Å²) in [4.78, 5) is 30.3. The van der Waals surface area contributed by atoms with E-state index < -0.39 is 52.5 Å². The second-order valence-electron chi connectivity index (χ2n) is 7.77. The maximum atomic E-state index is 13.4. The lowest BCUT2D eigenvalue weighted by atomic mass is 10.0. The van der Waals surface area contributed by atoms with E-state index in [1.165, 1.54) is 4.90 Å². The van der Waals surface area contributed by atoms with Crippen LogP contribution in [0.2, 0.25) is 0 Å². The number of nitrogens with zero attached hydrogens (tertiary/aromatic N) is 3. The highest BCUT2D eigenvalue weighted by Gasteiger charge is 2.42. The lowest BCUT2D eigenvalue weighted by Crippen LogP contribution is -2.52. The summed E-state index contributed by atoms with van der Waals surface area (Å²) in [6, 6.07) is -0.156. The van der Waals surface area contributed by atoms with Crippen LogP contribution in [0.1, 0.15) is 48.1 Å². The highest BCUT2D eigenvalue weighted by atomic mass is 19.4. The van der Waals surface area contributed by atoms with E-state index in [-0.39, 0.29) is 32.2 Å². The third-order valence-electron chi connectivity index (χ3n) is 4.23. The maximum Gasteiger partial charge on any atom is 0.433 e. The van der Waals surface area contributed by atoms with Crippen molar-refractivity contribution in [3.8, 4) is 0 Å². The van der Waals surface area contributed by atoms with Gasteiger partial charge in [-0.2, -0.15) is 26.3 Å². The van der Waals surface area contributed by atoms with Gasteiger partial charge in [-0.05, 0) is 33.8 Å². The molecule has 6 nitrogen and oxygen atoms in total. The minimum atomic E-state index is -5.18. The van der Waals surface area contributed by atoms with Crippen molar-refractivity contribution in [3.05, 3.63) is 28.6 Å². The third-order valence-corrected chi connectivity index (χ3v) is 4.23. The van der Waals surface area contributed by atoms with Crippen LogP contribution in [0, 0.1) is 6.92 Å². The molecule has 1 aromatic rings. The molecule has 0 radical (unpaired) electrons. The molecular weight excluding hydrogens is 420 g/mol. The van der Waals surface area contributed by atoms with Gasteiger partial charge in [0.15, 0.2) is 0 Å². The molecule has 2 amide bonds. The Morgan fingerprint density at radius 1 is 0.933 bits per heavy atom. The highest BCUT2D eigenvalue weighted by Crippen LogP contribution is 2.38. The van der Waals surface area contributed by atoms with Crippen molar-refractivity contribution >= 4 is 12.0 Å². The van der Waals surface area contributed by atoms with E-state index in [4.69, 9.17) is 4.74 Å². The van der Waals surface area contributed by atoms with Crippen molar-refractivity contribution in [2.45, 2.75) is 45.6 Å². The minimum Gasteiger partial charge on any atom is -0.444 e. The smallest absolute Gasteiger partial charge is 0.433 e. The summed E-state index contributed by atoms with van der Waals surface area (Å²) in [5.74, 6) is -1.09. The molecule has 168 valence electrons. The zero-order valence-corrected chi connectivity index (χ0v) is 16.7. The number of hydrogen-bond donors (Lipinski definition) is 0. The minimum absolute atomic E-state index is 0.00904. The summed E-state index contributed by atoms with van der Waals surface area (Å²) in [6.07, 6.45) is -10.9. The first kappa shape index (κ1) is 23.7. The normalized spacial score (nSPS) is 15.9. The van der Waals surface area contributed by atoms with Gasteiger partial charge in [0, 0.05) is 26.2 Å². The summed E-state index contributed by atoms with van der Waals surface area (Å²) in [7, 11) is 0. The molecule has 1 aromatic heterocycles. The Morgan fingerprint density at radius 3 is 1.87 bits per heavy atom. The lowest BCUT2D eigenvalue weighted by Gasteiger charge is -2.36. The van der Waals surface area contributed by atoms with Crippen LogP contribution in [0.5, 0.6) is 0 Å². The monoisotopic (exact) mass is 441 g/mol. The van der Waals surface area contributed by atoms with Crippen molar-refractivity contribution in [1.82, 2.24) is 14.8 Å². The molecule has 1 aliphatic heterocycles. The first-order valence-corrected chi connectivity index (χ1v) is 8.94. The maximum absolute atomic E-state index is 13.4. The molecule has 0 unspecified atom stereocenters. The molecule has 0 bridgehead atoms. The fourth-order valence-electron chi connectivity index (χ4n) is 2.89. The van der Waals surface area contributed by atoms with Gasteiger partial charge in [-0.15, -0.1) is 0 Å². The number of hydrogen-bond acceptors (Lipinski definition) is 4. The molecular formula is C18H21F6N3O3. The number of aryl methyl sites for hydroxylation is 1. The Bertz CT molecular complexity index is 822. The van der Waals surface area contributed by atoms with Gasteiger partial charge >= 0.3 is 18.4 Å². The zero-order valence-electron chi connectivity index (χ0n) is 16.7. The molecule has 12 heteroatoms. The van der Waals surface area contributed by atoms with Gasteiger partial charge in [-0.1, -0.05) is 0 Å². The second kappa shape index (κ2) is 7.95. The molecule has 1 aliphatic rings. The van der Waals surface area contributed by atoms with Gasteiger partial charge in [0.25, 0.3) is 5.91 Å². The van der Waals surface area contributed by atoms with E-state index in [0.717, 1.165) is 11.8 Å². The molecule has 2 heterocycles. The summed E-state index contributed by atoms with van der Waals surface area (Å²) < 4.78 is 84.1. The number of rotatable bonds is 1. The number of aromatic nitrogens is 1. The van der Waals surface area contributed by atoms with Crippen molar-refractivity contribution in [2.24, 2.45) is 0 Å². The van der Waals surface area contributed by atoms with E-state index in [1.54, 1.807) is 20.8 Å². The van der Waals surface area contributed by atoms with E-state index in [0.29, 0.717) is 0 Å². The Morgan fingerprint density at radius 2 is 1.43 bits per heavy atom. The zero-order chi connectivity index (χ0) is 23.1. The van der Waals surface area contributed by atoms with Gasteiger partial charge in [0.2, 0.25) is 0 Å². The first-order valence-electron chi connectivity index (χ1n) is 8.94. The number of pyridine rings is 1. The summed E-state index contributed by atoms with van der Waals surface area (Å²) >= 11 is 0. The van der Waals surface area contributed by atoms with Gasteiger partial charge in [-0.25, -0.2) is 9.78 Å². The molecule has 0 atom stereocenters. The van der Waals surface area contributed by atoms with Gasteiger partial charge in [-0.3, -0.25) is 4.79 Å². The lowest BCUT2D eigenvalue weighted by molar-refractivity contribution is -0.145. The Balaban J connectivity index is 2.27. The molecule has 2 rings (SSSR count). The van der Waals surface area contributed by atoms with Crippen molar-refractivity contribution in [2.75, 3.05) is 26.2 Å². The van der Waals surface area contributed by atoms with Crippen LogP contribution in [0.3, 0.4) is 0 Å². The van der Waals surface area contributed by atoms with E-state index in [2.05, 4.69) is 4.98 Å². The van der Waals surface area contributed by atoms with Crippen LogP contribution in [0.4, 0.5) is 31.1 Å². The molecule has 30 heavy (non-hydrogen) atoms. The van der Waals surface area contributed by atoms with Gasteiger partial charge in [0.05, 0.1) is 16.8 Å². The Kier molecular flexibility index (Phi) is 6.29. The van der Waals surface area contributed by atoms with Crippen molar-refractivity contribution in [1.29, 1.82) is 0 Å². The fraction of sp³-hybridized carbons (Fsp3) is 0.611. The number of carbonyl (C=O) groups excluding carboxylic acids is 2. The molecule has 1 fully saturated rings. The van der Waals surface area contributed by atoms with Gasteiger partial charge in [0.1, 0.15) is 11.3 Å². The number of alkyl halides is 6. The van der Waals surface area contributed by atoms with E-state index in [1.807, 2.05) is 0 Å². The van der Waals surface area contributed by atoms with Crippen LogP contribution < -0.4 is 0 Å². The predicted octanol–water partition coefficient (Wildman–Crippen LogP) is 4.12. The number of carbonyl (C=O) groups is 2. The predicted molar refractivity (Wildman–Crippen MR) is 92.7 cm³/mol. The van der Waals surface area contributed by atoms with Gasteiger partial charge < -0.3 is 14.5 Å². The molecule has 1 saturated heterocycles. The molecule has 0 aromatic carbocycles. The quantitative estimate of drug-likeness (QED) is 0.616. The number of ether oxygens (including phenoxy) is 1.